The van der Waals surface area contributed by atoms with Crippen molar-refractivity contribution in [3.05, 3.63) is 51.0 Å². The van der Waals surface area contributed by atoms with Gasteiger partial charge in [0.15, 0.2) is 0 Å². The van der Waals surface area contributed by atoms with Gasteiger partial charge in [-0.15, -0.1) is 11.3 Å². The molecule has 2 N–H and O–H groups in total. The maximum Gasteiger partial charge on any atom is 0.114 e. The SMILES string of the molecule is COCc1ccccc1C(N)c1nc2c(s1)CCCC2. The molecule has 0 saturated carbocycles. The zero-order chi connectivity index (χ0) is 13.9. The summed E-state index contributed by atoms with van der Waals surface area (Å²) in [5.74, 6) is 0. The largest absolute Gasteiger partial charge is 0.380 e. The number of aryl methyl sites for hydroxylation is 2. The molecular weight excluding hydrogens is 268 g/mol. The number of fused-ring (bicyclic) bond motifs is 1. The Morgan fingerprint density at radius 2 is 2.10 bits per heavy atom. The number of hydrogen-bond acceptors (Lipinski definition) is 4. The molecule has 1 atom stereocenters. The molecule has 1 aromatic heterocycles. The number of aromatic nitrogens is 1. The number of nitrogens with two attached hydrogens (primary N) is 1. The fourth-order valence-electron chi connectivity index (χ4n) is 2.76. The summed E-state index contributed by atoms with van der Waals surface area (Å²) >= 11 is 1.79. The Morgan fingerprint density at radius 1 is 1.30 bits per heavy atom. The number of methoxy groups -OCH3 is 1. The highest BCUT2D eigenvalue weighted by molar-refractivity contribution is 7.11. The van der Waals surface area contributed by atoms with E-state index in [1.807, 2.05) is 12.1 Å². The quantitative estimate of drug-likeness (QED) is 0.939. The van der Waals surface area contributed by atoms with Crippen LogP contribution in [0.3, 0.4) is 0 Å². The van der Waals surface area contributed by atoms with E-state index in [4.69, 9.17) is 15.5 Å². The van der Waals surface area contributed by atoms with Gasteiger partial charge in [0, 0.05) is 12.0 Å². The fraction of sp³-hybridized carbons (Fsp3) is 0.438. The Balaban J connectivity index is 1.92. The van der Waals surface area contributed by atoms with Crippen LogP contribution in [0.15, 0.2) is 24.3 Å². The van der Waals surface area contributed by atoms with E-state index in [1.54, 1.807) is 18.4 Å². The summed E-state index contributed by atoms with van der Waals surface area (Å²) < 4.78 is 5.26. The molecule has 2 aromatic rings. The van der Waals surface area contributed by atoms with Crippen molar-refractivity contribution in [3.8, 4) is 0 Å². The van der Waals surface area contributed by atoms with Crippen LogP contribution in [0, 0.1) is 0 Å². The maximum atomic E-state index is 6.45. The van der Waals surface area contributed by atoms with E-state index in [9.17, 15) is 0 Å². The van der Waals surface area contributed by atoms with Crippen molar-refractivity contribution in [1.29, 1.82) is 0 Å². The van der Waals surface area contributed by atoms with Gasteiger partial charge in [-0.05, 0) is 36.8 Å². The maximum absolute atomic E-state index is 6.45. The monoisotopic (exact) mass is 288 g/mol. The van der Waals surface area contributed by atoms with E-state index in [0.29, 0.717) is 6.61 Å². The van der Waals surface area contributed by atoms with E-state index in [0.717, 1.165) is 22.6 Å². The van der Waals surface area contributed by atoms with Gasteiger partial charge in [-0.25, -0.2) is 4.98 Å². The lowest BCUT2D eigenvalue weighted by Gasteiger charge is -2.14. The molecule has 0 saturated heterocycles. The Kier molecular flexibility index (Phi) is 4.15. The van der Waals surface area contributed by atoms with Crippen LogP contribution in [-0.2, 0) is 24.2 Å². The molecule has 1 unspecified atom stereocenters. The van der Waals surface area contributed by atoms with Gasteiger partial charge >= 0.3 is 0 Å². The van der Waals surface area contributed by atoms with Gasteiger partial charge in [0.1, 0.15) is 5.01 Å². The molecule has 1 aliphatic carbocycles. The molecule has 0 radical (unpaired) electrons. The van der Waals surface area contributed by atoms with Gasteiger partial charge in [-0.2, -0.15) is 0 Å². The standard InChI is InChI=1S/C16H20N2OS/c1-19-10-11-6-2-3-7-12(11)15(17)16-18-13-8-4-5-9-14(13)20-16/h2-3,6-7,15H,4-5,8-10,17H2,1H3. The molecule has 3 rings (SSSR count). The Morgan fingerprint density at radius 3 is 2.90 bits per heavy atom. The predicted octanol–water partition coefficient (Wildman–Crippen LogP) is 3.22. The van der Waals surface area contributed by atoms with Gasteiger partial charge in [0.25, 0.3) is 0 Å². The van der Waals surface area contributed by atoms with E-state index in [2.05, 4.69) is 12.1 Å². The van der Waals surface area contributed by atoms with Crippen LogP contribution >= 0.6 is 11.3 Å². The third-order valence-electron chi connectivity index (χ3n) is 3.82. The highest BCUT2D eigenvalue weighted by atomic mass is 32.1. The van der Waals surface area contributed by atoms with Crippen LogP contribution in [0.4, 0.5) is 0 Å². The normalized spacial score (nSPS) is 15.9. The van der Waals surface area contributed by atoms with Gasteiger partial charge < -0.3 is 10.5 Å². The van der Waals surface area contributed by atoms with Crippen molar-refractivity contribution in [2.75, 3.05) is 7.11 Å². The summed E-state index contributed by atoms with van der Waals surface area (Å²) in [4.78, 5) is 6.22. The molecule has 0 amide bonds. The topological polar surface area (TPSA) is 48.1 Å². The number of hydrogen-bond donors (Lipinski definition) is 1. The summed E-state index contributed by atoms with van der Waals surface area (Å²) in [5, 5.41) is 1.04. The minimum Gasteiger partial charge on any atom is -0.380 e. The zero-order valence-electron chi connectivity index (χ0n) is 11.8. The average Bonchev–Trinajstić information content (AvgIpc) is 2.91. The molecule has 1 aliphatic rings. The summed E-state index contributed by atoms with van der Waals surface area (Å²) in [6.45, 7) is 0.592. The number of nitrogens with zero attached hydrogens (tertiary/aromatic N) is 1. The van der Waals surface area contributed by atoms with Crippen molar-refractivity contribution in [2.24, 2.45) is 5.73 Å². The smallest absolute Gasteiger partial charge is 0.114 e. The summed E-state index contributed by atoms with van der Waals surface area (Å²) in [6.07, 6.45) is 4.81. The summed E-state index contributed by atoms with van der Waals surface area (Å²) in [7, 11) is 1.71. The van der Waals surface area contributed by atoms with Crippen LogP contribution < -0.4 is 5.73 Å². The number of benzene rings is 1. The van der Waals surface area contributed by atoms with Crippen LogP contribution in [0.2, 0.25) is 0 Å². The molecular formula is C16H20N2OS. The highest BCUT2D eigenvalue weighted by Crippen LogP contribution is 2.32. The minimum absolute atomic E-state index is 0.142. The molecule has 106 valence electrons. The van der Waals surface area contributed by atoms with E-state index >= 15 is 0 Å². The zero-order valence-corrected chi connectivity index (χ0v) is 12.6. The second-order valence-electron chi connectivity index (χ2n) is 5.24. The van der Waals surface area contributed by atoms with Crippen molar-refractivity contribution < 1.29 is 4.74 Å². The lowest BCUT2D eigenvalue weighted by Crippen LogP contribution is -2.14. The van der Waals surface area contributed by atoms with E-state index in [1.165, 1.54) is 29.8 Å². The first kappa shape index (κ1) is 13.7. The van der Waals surface area contributed by atoms with Gasteiger partial charge in [0.2, 0.25) is 0 Å². The second-order valence-corrected chi connectivity index (χ2v) is 6.35. The molecule has 20 heavy (non-hydrogen) atoms. The lowest BCUT2D eigenvalue weighted by atomic mass is 10.0. The molecule has 0 aliphatic heterocycles. The Hall–Kier alpha value is -1.23. The minimum atomic E-state index is -0.142. The fourth-order valence-corrected chi connectivity index (χ4v) is 3.94. The van der Waals surface area contributed by atoms with Gasteiger partial charge in [-0.3, -0.25) is 0 Å². The Labute approximate surface area is 123 Å². The summed E-state index contributed by atoms with van der Waals surface area (Å²) in [5.41, 5.74) is 10.00. The van der Waals surface area contributed by atoms with E-state index < -0.39 is 0 Å². The third kappa shape index (κ3) is 2.64. The number of ether oxygens (including phenoxy) is 1. The summed E-state index contributed by atoms with van der Waals surface area (Å²) in [6, 6.07) is 8.07. The molecule has 1 aromatic carbocycles. The molecule has 3 nitrogen and oxygen atoms in total. The molecule has 0 spiro atoms. The van der Waals surface area contributed by atoms with Crippen LogP contribution in [-0.4, -0.2) is 12.1 Å². The second kappa shape index (κ2) is 6.04. The number of rotatable bonds is 4. The first-order valence-electron chi connectivity index (χ1n) is 7.10. The number of thiazole rings is 1. The van der Waals surface area contributed by atoms with Gasteiger partial charge in [-0.1, -0.05) is 24.3 Å². The van der Waals surface area contributed by atoms with Crippen molar-refractivity contribution in [3.63, 3.8) is 0 Å². The van der Waals surface area contributed by atoms with E-state index in [-0.39, 0.29) is 6.04 Å². The van der Waals surface area contributed by atoms with Crippen molar-refractivity contribution >= 4 is 11.3 Å². The lowest BCUT2D eigenvalue weighted by molar-refractivity contribution is 0.184. The average molecular weight is 288 g/mol. The first-order chi connectivity index (χ1) is 9.79. The van der Waals surface area contributed by atoms with Crippen LogP contribution in [0.5, 0.6) is 0 Å². The predicted molar refractivity (Wildman–Crippen MR) is 81.9 cm³/mol. The molecule has 4 heteroatoms. The molecule has 0 fully saturated rings. The Bertz CT molecular complexity index is 570. The van der Waals surface area contributed by atoms with Gasteiger partial charge in [0.05, 0.1) is 18.3 Å². The molecule has 0 bridgehead atoms. The van der Waals surface area contributed by atoms with Crippen LogP contribution in [0.1, 0.15) is 45.6 Å². The first-order valence-corrected chi connectivity index (χ1v) is 7.92. The van der Waals surface area contributed by atoms with Crippen molar-refractivity contribution in [2.45, 2.75) is 38.3 Å². The van der Waals surface area contributed by atoms with Crippen molar-refractivity contribution in [1.82, 2.24) is 4.98 Å². The highest BCUT2D eigenvalue weighted by Gasteiger charge is 2.21. The van der Waals surface area contributed by atoms with Crippen LogP contribution in [0.25, 0.3) is 0 Å². The molecule has 1 heterocycles. The third-order valence-corrected chi connectivity index (χ3v) is 5.06.